The molecule has 0 fully saturated rings. The third kappa shape index (κ3) is 2.46. The first-order valence-corrected chi connectivity index (χ1v) is 6.57. The van der Waals surface area contributed by atoms with Gasteiger partial charge in [0.15, 0.2) is 0 Å². The van der Waals surface area contributed by atoms with Gasteiger partial charge >= 0.3 is 0 Å². The largest absolute Gasteiger partial charge is 0.469 e. The lowest BCUT2D eigenvalue weighted by molar-refractivity contribution is 0.410. The number of aryl methyl sites for hydroxylation is 2. The summed E-state index contributed by atoms with van der Waals surface area (Å²) in [5.41, 5.74) is 1.35. The summed E-state index contributed by atoms with van der Waals surface area (Å²) in [5, 5.41) is 10.3. The second-order valence-corrected chi connectivity index (χ2v) is 4.73. The van der Waals surface area contributed by atoms with Crippen LogP contribution in [0.2, 0.25) is 0 Å². The highest BCUT2D eigenvalue weighted by atomic mass is 16.3. The van der Waals surface area contributed by atoms with E-state index >= 15 is 0 Å². The van der Waals surface area contributed by atoms with E-state index in [0.29, 0.717) is 6.04 Å². The fourth-order valence-corrected chi connectivity index (χ4v) is 2.58. The molecular formula is C13H18N4O. The smallest absolute Gasteiger partial charge is 0.137 e. The summed E-state index contributed by atoms with van der Waals surface area (Å²) in [7, 11) is 0. The summed E-state index contributed by atoms with van der Waals surface area (Å²) in [5.74, 6) is 2.12. The Labute approximate surface area is 106 Å². The van der Waals surface area contributed by atoms with Gasteiger partial charge in [-0.25, -0.2) is 4.98 Å². The molecule has 2 N–H and O–H groups in total. The molecule has 1 aliphatic carbocycles. The van der Waals surface area contributed by atoms with E-state index in [9.17, 15) is 0 Å². The van der Waals surface area contributed by atoms with Crippen molar-refractivity contribution in [2.45, 2.75) is 38.1 Å². The van der Waals surface area contributed by atoms with E-state index in [1.807, 2.05) is 0 Å². The number of furan rings is 1. The maximum absolute atomic E-state index is 5.49. The molecule has 0 spiro atoms. The lowest BCUT2D eigenvalue weighted by Crippen LogP contribution is -2.25. The number of fused-ring (bicyclic) bond motifs is 1. The summed E-state index contributed by atoms with van der Waals surface area (Å²) >= 11 is 0. The second kappa shape index (κ2) is 5.35. The molecule has 2 heterocycles. The number of hydrogen-bond acceptors (Lipinski definition) is 4. The maximum Gasteiger partial charge on any atom is 0.137 e. The Morgan fingerprint density at radius 1 is 1.50 bits per heavy atom. The lowest BCUT2D eigenvalue weighted by atomic mass is 9.93. The Morgan fingerprint density at radius 3 is 3.39 bits per heavy atom. The van der Waals surface area contributed by atoms with Crippen LogP contribution in [0.3, 0.4) is 0 Å². The Hall–Kier alpha value is -1.62. The third-order valence-corrected chi connectivity index (χ3v) is 3.50. The Morgan fingerprint density at radius 2 is 2.50 bits per heavy atom. The molecule has 1 aliphatic rings. The predicted octanol–water partition coefficient (Wildman–Crippen LogP) is 2.00. The minimum Gasteiger partial charge on any atom is -0.469 e. The molecule has 2 aromatic heterocycles. The van der Waals surface area contributed by atoms with Crippen LogP contribution in [0.4, 0.5) is 0 Å². The number of nitrogens with one attached hydrogen (secondary N) is 2. The maximum atomic E-state index is 5.49. The van der Waals surface area contributed by atoms with E-state index in [0.717, 1.165) is 37.4 Å². The second-order valence-electron chi connectivity index (χ2n) is 4.73. The zero-order valence-electron chi connectivity index (χ0n) is 10.4. The molecule has 2 aromatic rings. The molecular weight excluding hydrogens is 228 g/mol. The van der Waals surface area contributed by atoms with Gasteiger partial charge in [-0.15, -0.1) is 0 Å². The number of rotatable bonds is 5. The molecule has 0 amide bonds. The molecule has 1 unspecified atom stereocenters. The zero-order chi connectivity index (χ0) is 12.2. The van der Waals surface area contributed by atoms with Crippen molar-refractivity contribution >= 4 is 0 Å². The molecule has 1 atom stereocenters. The highest BCUT2D eigenvalue weighted by Crippen LogP contribution is 2.30. The van der Waals surface area contributed by atoms with Gasteiger partial charge in [0.2, 0.25) is 0 Å². The minimum atomic E-state index is 0.460. The SMILES string of the molecule is c1n[nH]c(CCCNC2CCCc3occc32)n1. The third-order valence-electron chi connectivity index (χ3n) is 3.50. The van der Waals surface area contributed by atoms with E-state index in [4.69, 9.17) is 4.42 Å². The highest BCUT2D eigenvalue weighted by molar-refractivity contribution is 5.23. The molecule has 0 saturated carbocycles. The van der Waals surface area contributed by atoms with Crippen LogP contribution in [0.1, 0.15) is 42.5 Å². The number of aromatic amines is 1. The van der Waals surface area contributed by atoms with Crippen LogP contribution in [-0.2, 0) is 12.8 Å². The van der Waals surface area contributed by atoms with Gasteiger partial charge in [0.1, 0.15) is 17.9 Å². The van der Waals surface area contributed by atoms with Crippen molar-refractivity contribution in [3.8, 4) is 0 Å². The van der Waals surface area contributed by atoms with E-state index in [2.05, 4.69) is 26.6 Å². The standard InChI is InChI=1S/C13H18N4O/c1-3-11(10-6-8-18-12(10)4-1)14-7-2-5-13-15-9-16-17-13/h6,8-9,11,14H,1-5,7H2,(H,15,16,17). The van der Waals surface area contributed by atoms with Gasteiger partial charge < -0.3 is 9.73 Å². The lowest BCUT2D eigenvalue weighted by Gasteiger charge is -2.22. The van der Waals surface area contributed by atoms with E-state index in [1.54, 1.807) is 12.6 Å². The van der Waals surface area contributed by atoms with Crippen LogP contribution in [0.5, 0.6) is 0 Å². The van der Waals surface area contributed by atoms with Crippen LogP contribution >= 0.6 is 0 Å². The molecule has 18 heavy (non-hydrogen) atoms. The molecule has 0 radical (unpaired) electrons. The first kappa shape index (κ1) is 11.5. The van der Waals surface area contributed by atoms with E-state index < -0.39 is 0 Å². The normalized spacial score (nSPS) is 18.8. The van der Waals surface area contributed by atoms with Crippen molar-refractivity contribution < 1.29 is 4.42 Å². The van der Waals surface area contributed by atoms with E-state index in [-0.39, 0.29) is 0 Å². The average molecular weight is 246 g/mol. The van der Waals surface area contributed by atoms with Crippen molar-refractivity contribution in [3.05, 3.63) is 35.8 Å². The molecule has 5 nitrogen and oxygen atoms in total. The Bertz CT molecular complexity index is 477. The monoisotopic (exact) mass is 246 g/mol. The molecule has 0 saturated heterocycles. The molecule has 3 rings (SSSR count). The van der Waals surface area contributed by atoms with Gasteiger partial charge in [-0.2, -0.15) is 5.10 Å². The van der Waals surface area contributed by atoms with E-state index in [1.165, 1.54) is 18.4 Å². The van der Waals surface area contributed by atoms with Gasteiger partial charge in [-0.1, -0.05) is 0 Å². The number of H-pyrrole nitrogens is 1. The molecule has 0 aliphatic heterocycles. The first-order chi connectivity index (χ1) is 8.93. The van der Waals surface area contributed by atoms with Gasteiger partial charge in [-0.3, -0.25) is 5.10 Å². The van der Waals surface area contributed by atoms with Crippen LogP contribution in [0.25, 0.3) is 0 Å². The van der Waals surface area contributed by atoms with Crippen molar-refractivity contribution in [1.82, 2.24) is 20.5 Å². The summed E-state index contributed by atoms with van der Waals surface area (Å²) < 4.78 is 5.49. The Kier molecular flexibility index (Phi) is 3.41. The van der Waals surface area contributed by atoms with Gasteiger partial charge in [0.05, 0.1) is 6.26 Å². The zero-order valence-corrected chi connectivity index (χ0v) is 10.4. The fourth-order valence-electron chi connectivity index (χ4n) is 2.58. The van der Waals surface area contributed by atoms with Crippen molar-refractivity contribution in [3.63, 3.8) is 0 Å². The highest BCUT2D eigenvalue weighted by Gasteiger charge is 2.21. The van der Waals surface area contributed by atoms with Crippen LogP contribution < -0.4 is 5.32 Å². The molecule has 5 heteroatoms. The van der Waals surface area contributed by atoms with Crippen LogP contribution in [0, 0.1) is 0 Å². The first-order valence-electron chi connectivity index (χ1n) is 6.57. The Balaban J connectivity index is 1.47. The molecule has 96 valence electrons. The number of nitrogens with zero attached hydrogens (tertiary/aromatic N) is 2. The fraction of sp³-hybridized carbons (Fsp3) is 0.538. The summed E-state index contributed by atoms with van der Waals surface area (Å²) in [4.78, 5) is 4.12. The number of aromatic nitrogens is 3. The quantitative estimate of drug-likeness (QED) is 0.792. The van der Waals surface area contributed by atoms with Crippen LogP contribution in [-0.4, -0.2) is 21.7 Å². The van der Waals surface area contributed by atoms with Gasteiger partial charge in [0, 0.05) is 24.4 Å². The molecule has 0 bridgehead atoms. The summed E-state index contributed by atoms with van der Waals surface area (Å²) in [6.45, 7) is 0.996. The minimum absolute atomic E-state index is 0.460. The molecule has 0 aromatic carbocycles. The van der Waals surface area contributed by atoms with Crippen LogP contribution in [0.15, 0.2) is 23.1 Å². The topological polar surface area (TPSA) is 66.7 Å². The van der Waals surface area contributed by atoms with Crippen molar-refractivity contribution in [1.29, 1.82) is 0 Å². The summed E-state index contributed by atoms with van der Waals surface area (Å²) in [6, 6.07) is 2.56. The predicted molar refractivity (Wildman–Crippen MR) is 67.1 cm³/mol. The number of hydrogen-bond donors (Lipinski definition) is 2. The average Bonchev–Trinajstić information content (AvgIpc) is 3.05. The van der Waals surface area contributed by atoms with Crippen molar-refractivity contribution in [2.24, 2.45) is 0 Å². The van der Waals surface area contributed by atoms with Crippen molar-refractivity contribution in [2.75, 3.05) is 6.54 Å². The summed E-state index contributed by atoms with van der Waals surface area (Å²) in [6.07, 6.45) is 8.87. The van der Waals surface area contributed by atoms with Gasteiger partial charge in [-0.05, 0) is 31.9 Å². The van der Waals surface area contributed by atoms with Gasteiger partial charge in [0.25, 0.3) is 0 Å².